The fourth-order valence-electron chi connectivity index (χ4n) is 3.58. The van der Waals surface area contributed by atoms with E-state index < -0.39 is 5.82 Å². The molecule has 1 N–H and O–H groups in total. The molecule has 0 aromatic heterocycles. The normalized spacial score (nSPS) is 16.1. The first-order valence-electron chi connectivity index (χ1n) is 9.48. The monoisotopic (exact) mass is 390 g/mol. The molecule has 27 heavy (non-hydrogen) atoms. The van der Waals surface area contributed by atoms with Gasteiger partial charge in [0.15, 0.2) is 0 Å². The molecule has 2 aromatic rings. The molecule has 2 aromatic carbocycles. The van der Waals surface area contributed by atoms with Gasteiger partial charge in [-0.1, -0.05) is 54.8 Å². The minimum absolute atomic E-state index is 0. The Hall–Kier alpha value is -1.91. The van der Waals surface area contributed by atoms with Crippen LogP contribution in [-0.2, 0) is 0 Å². The quantitative estimate of drug-likeness (QED) is 0.787. The molecule has 3 rings (SSSR count). The topological polar surface area (TPSA) is 32.3 Å². The van der Waals surface area contributed by atoms with Crippen molar-refractivity contribution in [3.63, 3.8) is 0 Å². The standard InChI is InChI=1S/C22H27FN2O.ClH/c1-17-10-12-18(13-11-17)21(25-14-6-2-3-7-15-25)16-24-22(26)19-8-4-5-9-20(19)23;/h4-5,8-13,21H,2-3,6-7,14-16H2,1H3,(H,24,26);1H. The Morgan fingerprint density at radius 1 is 1.04 bits per heavy atom. The lowest BCUT2D eigenvalue weighted by atomic mass is 10.0. The number of nitrogens with one attached hydrogen (secondary N) is 1. The molecule has 1 heterocycles. The predicted molar refractivity (Wildman–Crippen MR) is 110 cm³/mol. The molecular formula is C22H28ClFN2O. The van der Waals surface area contributed by atoms with Crippen molar-refractivity contribution in [1.29, 1.82) is 0 Å². The van der Waals surface area contributed by atoms with Crippen LogP contribution in [0.5, 0.6) is 0 Å². The largest absolute Gasteiger partial charge is 0.350 e. The molecule has 1 aliphatic rings. The lowest BCUT2D eigenvalue weighted by molar-refractivity contribution is 0.0929. The van der Waals surface area contributed by atoms with E-state index in [9.17, 15) is 9.18 Å². The van der Waals surface area contributed by atoms with Gasteiger partial charge in [0.1, 0.15) is 5.82 Å². The van der Waals surface area contributed by atoms with E-state index in [2.05, 4.69) is 41.4 Å². The van der Waals surface area contributed by atoms with E-state index in [1.54, 1.807) is 12.1 Å². The highest BCUT2D eigenvalue weighted by Crippen LogP contribution is 2.24. The van der Waals surface area contributed by atoms with E-state index in [1.165, 1.54) is 48.9 Å². The lowest BCUT2D eigenvalue weighted by Gasteiger charge is -2.31. The molecule has 1 fully saturated rings. The summed E-state index contributed by atoms with van der Waals surface area (Å²) in [5.74, 6) is -0.832. The van der Waals surface area contributed by atoms with Gasteiger partial charge in [-0.25, -0.2) is 4.39 Å². The summed E-state index contributed by atoms with van der Waals surface area (Å²) in [4.78, 5) is 14.9. The van der Waals surface area contributed by atoms with Crippen molar-refractivity contribution in [1.82, 2.24) is 10.2 Å². The molecule has 0 bridgehead atoms. The number of carbonyl (C=O) groups is 1. The van der Waals surface area contributed by atoms with Crippen molar-refractivity contribution in [2.45, 2.75) is 38.6 Å². The van der Waals surface area contributed by atoms with Gasteiger partial charge < -0.3 is 5.32 Å². The second-order valence-electron chi connectivity index (χ2n) is 7.07. The van der Waals surface area contributed by atoms with Crippen molar-refractivity contribution >= 4 is 18.3 Å². The molecule has 1 unspecified atom stereocenters. The Labute approximate surface area is 167 Å². The molecule has 5 heteroatoms. The predicted octanol–water partition coefficient (Wildman–Crippen LogP) is 4.90. The highest BCUT2D eigenvalue weighted by Gasteiger charge is 2.23. The molecule has 1 atom stereocenters. The number of carbonyl (C=O) groups excluding carboxylic acids is 1. The summed E-state index contributed by atoms with van der Waals surface area (Å²) in [7, 11) is 0. The number of nitrogens with zero attached hydrogens (tertiary/aromatic N) is 1. The van der Waals surface area contributed by atoms with Crippen LogP contribution >= 0.6 is 12.4 Å². The highest BCUT2D eigenvalue weighted by atomic mass is 35.5. The summed E-state index contributed by atoms with van der Waals surface area (Å²) in [5, 5.41) is 2.95. The lowest BCUT2D eigenvalue weighted by Crippen LogP contribution is -2.38. The SMILES string of the molecule is Cc1ccc(C(CNC(=O)c2ccccc2F)N2CCCCCC2)cc1.Cl. The average Bonchev–Trinajstić information content (AvgIpc) is 2.93. The van der Waals surface area contributed by atoms with E-state index >= 15 is 0 Å². The Bertz CT molecular complexity index is 727. The summed E-state index contributed by atoms with van der Waals surface area (Å²) in [5.41, 5.74) is 2.52. The molecule has 0 spiro atoms. The third-order valence-corrected chi connectivity index (χ3v) is 5.12. The van der Waals surface area contributed by atoms with Gasteiger partial charge in [-0.2, -0.15) is 0 Å². The zero-order valence-corrected chi connectivity index (χ0v) is 16.6. The summed E-state index contributed by atoms with van der Waals surface area (Å²) < 4.78 is 13.9. The van der Waals surface area contributed by atoms with Crippen LogP contribution < -0.4 is 5.32 Å². The molecule has 146 valence electrons. The van der Waals surface area contributed by atoms with Crippen LogP contribution in [0.3, 0.4) is 0 Å². The van der Waals surface area contributed by atoms with Gasteiger partial charge in [0, 0.05) is 6.54 Å². The van der Waals surface area contributed by atoms with Crippen molar-refractivity contribution in [3.8, 4) is 0 Å². The number of likely N-dealkylation sites (tertiary alicyclic amines) is 1. The van der Waals surface area contributed by atoms with Crippen LogP contribution in [-0.4, -0.2) is 30.4 Å². The first-order chi connectivity index (χ1) is 12.6. The number of hydrogen-bond acceptors (Lipinski definition) is 2. The summed E-state index contributed by atoms with van der Waals surface area (Å²) in [6, 6.07) is 14.7. The van der Waals surface area contributed by atoms with Gasteiger partial charge in [0.25, 0.3) is 5.91 Å². The molecule has 1 amide bonds. The number of amides is 1. The van der Waals surface area contributed by atoms with Gasteiger partial charge in [-0.05, 0) is 50.6 Å². The molecule has 0 radical (unpaired) electrons. The third-order valence-electron chi connectivity index (χ3n) is 5.12. The second-order valence-corrected chi connectivity index (χ2v) is 7.07. The molecule has 1 saturated heterocycles. The molecule has 3 nitrogen and oxygen atoms in total. The third kappa shape index (κ3) is 5.78. The van der Waals surface area contributed by atoms with Gasteiger partial charge in [0.05, 0.1) is 11.6 Å². The van der Waals surface area contributed by atoms with E-state index in [4.69, 9.17) is 0 Å². The van der Waals surface area contributed by atoms with Gasteiger partial charge in [-0.3, -0.25) is 9.69 Å². The molecule has 0 aliphatic carbocycles. The minimum Gasteiger partial charge on any atom is -0.350 e. The molecule has 0 saturated carbocycles. The number of halogens is 2. The van der Waals surface area contributed by atoms with Crippen molar-refractivity contribution < 1.29 is 9.18 Å². The van der Waals surface area contributed by atoms with E-state index in [-0.39, 0.29) is 29.9 Å². The number of benzene rings is 2. The maximum atomic E-state index is 13.9. The second kappa shape index (κ2) is 10.4. The van der Waals surface area contributed by atoms with Gasteiger partial charge in [-0.15, -0.1) is 12.4 Å². The summed E-state index contributed by atoms with van der Waals surface area (Å²) in [6.45, 7) is 4.63. The number of rotatable bonds is 5. The Morgan fingerprint density at radius 3 is 2.30 bits per heavy atom. The highest BCUT2D eigenvalue weighted by molar-refractivity contribution is 5.94. The smallest absolute Gasteiger partial charge is 0.254 e. The Kier molecular flexibility index (Phi) is 8.26. The number of aryl methyl sites for hydroxylation is 1. The van der Waals surface area contributed by atoms with Gasteiger partial charge in [0.2, 0.25) is 0 Å². The van der Waals surface area contributed by atoms with Crippen LogP contribution in [0.2, 0.25) is 0 Å². The molecule has 1 aliphatic heterocycles. The van der Waals surface area contributed by atoms with Crippen molar-refractivity contribution in [2.75, 3.05) is 19.6 Å². The first kappa shape index (κ1) is 21.4. The summed E-state index contributed by atoms with van der Waals surface area (Å²) >= 11 is 0. The maximum Gasteiger partial charge on any atom is 0.254 e. The van der Waals surface area contributed by atoms with E-state index in [0.29, 0.717) is 6.54 Å². The van der Waals surface area contributed by atoms with Crippen LogP contribution in [0.15, 0.2) is 48.5 Å². The van der Waals surface area contributed by atoms with Crippen LogP contribution in [0.1, 0.15) is 53.2 Å². The Balaban J connectivity index is 0.00000261. The van der Waals surface area contributed by atoms with E-state index in [1.807, 2.05) is 0 Å². The Morgan fingerprint density at radius 2 is 1.67 bits per heavy atom. The maximum absolute atomic E-state index is 13.9. The van der Waals surface area contributed by atoms with Crippen molar-refractivity contribution in [2.24, 2.45) is 0 Å². The fraction of sp³-hybridized carbons (Fsp3) is 0.409. The zero-order valence-electron chi connectivity index (χ0n) is 15.8. The van der Waals surface area contributed by atoms with E-state index in [0.717, 1.165) is 13.1 Å². The number of hydrogen-bond donors (Lipinski definition) is 1. The van der Waals surface area contributed by atoms with Crippen LogP contribution in [0.25, 0.3) is 0 Å². The minimum atomic E-state index is -0.480. The van der Waals surface area contributed by atoms with Crippen LogP contribution in [0.4, 0.5) is 4.39 Å². The summed E-state index contributed by atoms with van der Waals surface area (Å²) in [6.07, 6.45) is 4.89. The molecular weight excluding hydrogens is 363 g/mol. The average molecular weight is 391 g/mol. The van der Waals surface area contributed by atoms with Crippen LogP contribution in [0, 0.1) is 12.7 Å². The van der Waals surface area contributed by atoms with Gasteiger partial charge >= 0.3 is 0 Å². The fourth-order valence-corrected chi connectivity index (χ4v) is 3.58. The zero-order chi connectivity index (χ0) is 18.4. The first-order valence-corrected chi connectivity index (χ1v) is 9.48. The van der Waals surface area contributed by atoms with Crippen molar-refractivity contribution in [3.05, 3.63) is 71.0 Å².